The number of aryl methyl sites for hydroxylation is 1. The number of aromatic hydroxyl groups is 3. The van der Waals surface area contributed by atoms with Crippen LogP contribution in [0.15, 0.2) is 30.3 Å². The van der Waals surface area contributed by atoms with E-state index in [0.29, 0.717) is 12.1 Å². The summed E-state index contributed by atoms with van der Waals surface area (Å²) in [5.41, 5.74) is 3.10. The maximum absolute atomic E-state index is 9.85. The van der Waals surface area contributed by atoms with Gasteiger partial charge in [0, 0.05) is 29.4 Å². The lowest BCUT2D eigenvalue weighted by molar-refractivity contribution is 0.446. The molecule has 2 aromatic carbocycles. The molecule has 0 bridgehead atoms. The van der Waals surface area contributed by atoms with Crippen molar-refractivity contribution in [1.82, 2.24) is 0 Å². The molecule has 100 valence electrons. The monoisotopic (exact) mass is 259 g/mol. The van der Waals surface area contributed by atoms with E-state index >= 15 is 0 Å². The van der Waals surface area contributed by atoms with Crippen molar-refractivity contribution >= 4 is 5.69 Å². The van der Waals surface area contributed by atoms with Gasteiger partial charge in [-0.3, -0.25) is 0 Å². The van der Waals surface area contributed by atoms with Gasteiger partial charge in [0.25, 0.3) is 0 Å². The number of phenols is 3. The second kappa shape index (κ2) is 5.10. The molecule has 4 heteroatoms. The Bertz CT molecular complexity index is 609. The zero-order valence-electron chi connectivity index (χ0n) is 10.9. The first-order chi connectivity index (χ1) is 8.99. The van der Waals surface area contributed by atoms with Crippen LogP contribution >= 0.6 is 0 Å². The molecule has 0 saturated heterocycles. The van der Waals surface area contributed by atoms with Crippen LogP contribution in [-0.2, 0) is 6.54 Å². The normalized spacial score (nSPS) is 10.4. The highest BCUT2D eigenvalue weighted by Gasteiger charge is 2.07. The molecular weight excluding hydrogens is 242 g/mol. The van der Waals surface area contributed by atoms with Gasteiger partial charge in [-0.05, 0) is 37.6 Å². The quantitative estimate of drug-likeness (QED) is 0.683. The Kier molecular flexibility index (Phi) is 3.51. The zero-order chi connectivity index (χ0) is 14.0. The van der Waals surface area contributed by atoms with Crippen molar-refractivity contribution < 1.29 is 15.3 Å². The van der Waals surface area contributed by atoms with Crippen LogP contribution in [0.5, 0.6) is 17.2 Å². The summed E-state index contributed by atoms with van der Waals surface area (Å²) in [7, 11) is 0. The maximum Gasteiger partial charge on any atom is 0.124 e. The summed E-state index contributed by atoms with van der Waals surface area (Å²) < 4.78 is 0. The summed E-state index contributed by atoms with van der Waals surface area (Å²) in [5.74, 6) is 0.354. The third-order valence-corrected chi connectivity index (χ3v) is 3.17. The molecule has 0 amide bonds. The van der Waals surface area contributed by atoms with Crippen LogP contribution in [-0.4, -0.2) is 15.3 Å². The molecule has 0 aliphatic rings. The number of nitrogens with one attached hydrogen (secondary N) is 1. The summed E-state index contributed by atoms with van der Waals surface area (Å²) in [6.45, 7) is 4.09. The fourth-order valence-electron chi connectivity index (χ4n) is 1.92. The highest BCUT2D eigenvalue weighted by molar-refractivity contribution is 5.59. The summed E-state index contributed by atoms with van der Waals surface area (Å²) >= 11 is 0. The zero-order valence-corrected chi connectivity index (χ0v) is 10.9. The minimum atomic E-state index is 0.0328. The fraction of sp³-hybridized carbons (Fsp3) is 0.200. The molecular formula is C15H17NO3. The summed E-state index contributed by atoms with van der Waals surface area (Å²) in [5, 5.41) is 31.9. The van der Waals surface area contributed by atoms with E-state index < -0.39 is 0 Å². The number of phenolic OH excluding ortho intramolecular Hbond substituents is 3. The van der Waals surface area contributed by atoms with Gasteiger partial charge in [-0.1, -0.05) is 6.07 Å². The summed E-state index contributed by atoms with van der Waals surface area (Å²) in [4.78, 5) is 0. The molecule has 0 atom stereocenters. The Balaban J connectivity index is 2.17. The van der Waals surface area contributed by atoms with E-state index in [4.69, 9.17) is 0 Å². The Morgan fingerprint density at radius 3 is 2.42 bits per heavy atom. The average molecular weight is 259 g/mol. The molecule has 0 aromatic heterocycles. The molecule has 0 radical (unpaired) electrons. The Hall–Kier alpha value is -2.36. The smallest absolute Gasteiger partial charge is 0.124 e. The molecule has 0 aliphatic carbocycles. The van der Waals surface area contributed by atoms with Crippen LogP contribution in [0.25, 0.3) is 0 Å². The van der Waals surface area contributed by atoms with Gasteiger partial charge in [0.2, 0.25) is 0 Å². The number of hydrogen-bond donors (Lipinski definition) is 4. The minimum absolute atomic E-state index is 0.0328. The molecule has 0 unspecified atom stereocenters. The fourth-order valence-corrected chi connectivity index (χ4v) is 1.92. The molecule has 0 fully saturated rings. The van der Waals surface area contributed by atoms with E-state index in [9.17, 15) is 15.3 Å². The molecule has 2 rings (SSSR count). The first-order valence-electron chi connectivity index (χ1n) is 6.03. The molecule has 0 spiro atoms. The lowest BCUT2D eigenvalue weighted by atomic mass is 10.1. The van der Waals surface area contributed by atoms with Gasteiger partial charge in [0.15, 0.2) is 0 Å². The SMILES string of the molecule is Cc1ccc(NCc2ccc(O)cc2O)c(C)c1O. The van der Waals surface area contributed by atoms with Crippen LogP contribution in [0.1, 0.15) is 16.7 Å². The van der Waals surface area contributed by atoms with Gasteiger partial charge in [-0.15, -0.1) is 0 Å². The first-order valence-corrected chi connectivity index (χ1v) is 6.03. The van der Waals surface area contributed by atoms with Crippen molar-refractivity contribution in [3.63, 3.8) is 0 Å². The van der Waals surface area contributed by atoms with Crippen molar-refractivity contribution in [1.29, 1.82) is 0 Å². The highest BCUT2D eigenvalue weighted by Crippen LogP contribution is 2.29. The van der Waals surface area contributed by atoms with Crippen molar-refractivity contribution in [2.24, 2.45) is 0 Å². The standard InChI is InChI=1S/C15H17NO3/c1-9-3-6-13(10(2)15(9)19)16-8-11-4-5-12(17)7-14(11)18/h3-7,16-19H,8H2,1-2H3. The first kappa shape index (κ1) is 13.1. The lowest BCUT2D eigenvalue weighted by Crippen LogP contribution is -2.01. The maximum atomic E-state index is 9.85. The lowest BCUT2D eigenvalue weighted by Gasteiger charge is -2.13. The molecule has 4 nitrogen and oxygen atoms in total. The van der Waals surface area contributed by atoms with Crippen molar-refractivity contribution in [2.45, 2.75) is 20.4 Å². The molecule has 2 aromatic rings. The van der Waals surface area contributed by atoms with Crippen LogP contribution in [0.2, 0.25) is 0 Å². The predicted molar refractivity (Wildman–Crippen MR) is 74.7 cm³/mol. The van der Waals surface area contributed by atoms with Crippen LogP contribution in [0, 0.1) is 13.8 Å². The Morgan fingerprint density at radius 2 is 1.74 bits per heavy atom. The van der Waals surface area contributed by atoms with E-state index in [0.717, 1.165) is 16.8 Å². The highest BCUT2D eigenvalue weighted by atomic mass is 16.3. The van der Waals surface area contributed by atoms with Crippen molar-refractivity contribution in [3.8, 4) is 17.2 Å². The number of benzene rings is 2. The molecule has 19 heavy (non-hydrogen) atoms. The van der Waals surface area contributed by atoms with Crippen LogP contribution < -0.4 is 5.32 Å². The predicted octanol–water partition coefficient (Wildman–Crippen LogP) is 3.03. The van der Waals surface area contributed by atoms with Gasteiger partial charge in [-0.2, -0.15) is 0 Å². The van der Waals surface area contributed by atoms with Crippen molar-refractivity contribution in [2.75, 3.05) is 5.32 Å². The second-order valence-corrected chi connectivity index (χ2v) is 4.57. The second-order valence-electron chi connectivity index (χ2n) is 4.57. The number of anilines is 1. The third-order valence-electron chi connectivity index (χ3n) is 3.17. The van der Waals surface area contributed by atoms with E-state index in [1.54, 1.807) is 6.07 Å². The van der Waals surface area contributed by atoms with Gasteiger partial charge in [0.05, 0.1) is 0 Å². The summed E-state index contributed by atoms with van der Waals surface area (Å²) in [6.07, 6.45) is 0. The number of hydrogen-bond acceptors (Lipinski definition) is 4. The largest absolute Gasteiger partial charge is 0.508 e. The summed E-state index contributed by atoms with van der Waals surface area (Å²) in [6, 6.07) is 8.21. The van der Waals surface area contributed by atoms with Gasteiger partial charge in [0.1, 0.15) is 17.2 Å². The van der Waals surface area contributed by atoms with Gasteiger partial charge >= 0.3 is 0 Å². The van der Waals surface area contributed by atoms with E-state index in [1.807, 2.05) is 26.0 Å². The number of rotatable bonds is 3. The minimum Gasteiger partial charge on any atom is -0.508 e. The topological polar surface area (TPSA) is 72.7 Å². The molecule has 0 aliphatic heterocycles. The van der Waals surface area contributed by atoms with Gasteiger partial charge in [-0.25, -0.2) is 0 Å². The molecule has 0 saturated carbocycles. The van der Waals surface area contributed by atoms with E-state index in [-0.39, 0.29) is 17.2 Å². The Morgan fingerprint density at radius 1 is 1.00 bits per heavy atom. The van der Waals surface area contributed by atoms with E-state index in [2.05, 4.69) is 5.32 Å². The Labute approximate surface area is 112 Å². The van der Waals surface area contributed by atoms with E-state index in [1.165, 1.54) is 12.1 Å². The van der Waals surface area contributed by atoms with Gasteiger partial charge < -0.3 is 20.6 Å². The third kappa shape index (κ3) is 2.73. The molecule has 0 heterocycles. The van der Waals surface area contributed by atoms with Crippen LogP contribution in [0.3, 0.4) is 0 Å². The average Bonchev–Trinajstić information content (AvgIpc) is 2.37. The molecule has 4 N–H and O–H groups in total. The van der Waals surface area contributed by atoms with Crippen LogP contribution in [0.4, 0.5) is 5.69 Å². The van der Waals surface area contributed by atoms with Crippen molar-refractivity contribution in [3.05, 3.63) is 47.0 Å².